The van der Waals surface area contributed by atoms with Gasteiger partial charge in [-0.2, -0.15) is 0 Å². The normalized spacial score (nSPS) is 17.7. The molecule has 17 rings (SSSR count). The molecule has 0 aliphatic carbocycles. The minimum Gasteiger partial charge on any atom is -0.377 e. The van der Waals surface area contributed by atoms with Crippen LogP contribution in [0.2, 0.25) is 0 Å². The van der Waals surface area contributed by atoms with Crippen molar-refractivity contribution < 1.29 is 0 Å². The van der Waals surface area contributed by atoms with Crippen LogP contribution in [0.5, 0.6) is 0 Å². The summed E-state index contributed by atoms with van der Waals surface area (Å²) in [7, 11) is 0. The van der Waals surface area contributed by atoms with E-state index in [4.69, 9.17) is 20.0 Å². The maximum Gasteiger partial charge on any atom is 0.0737 e. The van der Waals surface area contributed by atoms with Gasteiger partial charge in [0, 0.05) is 128 Å². The van der Waals surface area contributed by atoms with Crippen LogP contribution in [-0.2, 0) is 0 Å². The monoisotopic (exact) mass is 944 g/mol. The highest BCUT2D eigenvalue weighted by Gasteiger charge is 2.33. The number of nitrogens with one attached hydrogen (secondary N) is 4. The van der Waals surface area contributed by atoms with Crippen molar-refractivity contribution in [2.24, 2.45) is 9.98 Å². The molecule has 1 unspecified atom stereocenters. The zero-order valence-electron chi connectivity index (χ0n) is 39.6. The van der Waals surface area contributed by atoms with Gasteiger partial charge in [-0.3, -0.25) is 4.99 Å². The number of H-pyrrole nitrogens is 3. The molecule has 74 heavy (non-hydrogen) atoms. The third-order valence-corrected chi connectivity index (χ3v) is 15.9. The molecule has 1 atom stereocenters. The van der Waals surface area contributed by atoms with Crippen molar-refractivity contribution in [3.05, 3.63) is 233 Å². The van der Waals surface area contributed by atoms with Gasteiger partial charge >= 0.3 is 0 Å². The molecule has 16 bridgehead atoms. The topological polar surface area (TPSA) is 110 Å². The van der Waals surface area contributed by atoms with Gasteiger partial charge in [-0.25, -0.2) is 15.0 Å². The van der Waals surface area contributed by atoms with Gasteiger partial charge in [0.25, 0.3) is 0 Å². The van der Waals surface area contributed by atoms with Crippen LogP contribution in [0.15, 0.2) is 198 Å². The van der Waals surface area contributed by atoms with Crippen molar-refractivity contribution in [2.75, 3.05) is 0 Å². The lowest BCUT2D eigenvalue weighted by Crippen LogP contribution is -2.16. The summed E-state index contributed by atoms with van der Waals surface area (Å²) in [4.78, 5) is 33.4. The van der Waals surface area contributed by atoms with E-state index in [1.807, 2.05) is 0 Å². The van der Waals surface area contributed by atoms with E-state index in [9.17, 15) is 0 Å². The fourth-order valence-corrected chi connectivity index (χ4v) is 12.5. The first-order valence-corrected chi connectivity index (χ1v) is 25.3. The second-order valence-corrected chi connectivity index (χ2v) is 20.0. The maximum atomic E-state index is 5.50. The van der Waals surface area contributed by atoms with E-state index in [-0.39, 0.29) is 6.04 Å². The van der Waals surface area contributed by atoms with Crippen LogP contribution in [0.1, 0.15) is 57.2 Å². The standard InChI is InChI=1S/C66H40N8/c1-2-14-36-35(13-1)51-27-55-39-17-5-9-21-43(39)59(69-55)31-63-47-25-49-50(26-48(47)64(73-63)32-60-44-22-10-6-18-40(44)56(70-60)28-52(36)67-51)66-34-62-46-24-12-8-20-42(46)58(72-62)30-54-38-16-4-3-15-37(38)53(68-54)29-57-41-19-7-11-23-45(41)61(71-57)33-65(49)74-66/h1-33,66-68,73-74H,34H2/b51-27?,52-28?,55-27?,56-28?,57-29-,58-30-,59-31?,60-32?,63-31?,64-32?,65-33-. The summed E-state index contributed by atoms with van der Waals surface area (Å²) >= 11 is 0. The Morgan fingerprint density at radius 3 is 1.34 bits per heavy atom. The minimum absolute atomic E-state index is 0.0973. The number of nitrogens with zero attached hydrogens (tertiary/aromatic N) is 4. The highest BCUT2D eigenvalue weighted by Crippen LogP contribution is 2.46. The summed E-state index contributed by atoms with van der Waals surface area (Å²) in [5, 5.41) is 10.9. The molecule has 0 fully saturated rings. The first-order chi connectivity index (χ1) is 36.6. The van der Waals surface area contributed by atoms with Crippen molar-refractivity contribution in [1.29, 1.82) is 0 Å². The molecule has 6 aliphatic heterocycles. The Balaban J connectivity index is 0.955. The maximum absolute atomic E-state index is 5.50. The Labute approximate surface area is 423 Å². The van der Waals surface area contributed by atoms with Gasteiger partial charge in [-0.1, -0.05) is 146 Å². The number of aromatic amines is 3. The molecule has 344 valence electrons. The molecule has 6 aliphatic rings. The fourth-order valence-electron chi connectivity index (χ4n) is 12.5. The molecule has 11 aromatic rings. The Bertz CT molecular complexity index is 4740. The Hall–Kier alpha value is -9.92. The van der Waals surface area contributed by atoms with Crippen LogP contribution >= 0.6 is 0 Å². The minimum atomic E-state index is -0.0973. The third-order valence-electron chi connectivity index (χ3n) is 15.9. The van der Waals surface area contributed by atoms with Crippen LogP contribution in [-0.4, -0.2) is 36.3 Å². The van der Waals surface area contributed by atoms with Gasteiger partial charge in [0.2, 0.25) is 0 Å². The smallest absolute Gasteiger partial charge is 0.0737 e. The highest BCUT2D eigenvalue weighted by molar-refractivity contribution is 6.22. The van der Waals surface area contributed by atoms with Crippen molar-refractivity contribution in [2.45, 2.75) is 12.5 Å². The molecular weight excluding hydrogens is 905 g/mol. The summed E-state index contributed by atoms with van der Waals surface area (Å²) < 4.78 is 0. The van der Waals surface area contributed by atoms with E-state index in [1.54, 1.807) is 0 Å². The van der Waals surface area contributed by atoms with Gasteiger partial charge in [-0.05, 0) is 60.2 Å². The first kappa shape index (κ1) is 39.8. The second-order valence-electron chi connectivity index (χ2n) is 20.0. The number of hydrogen-bond donors (Lipinski definition) is 4. The molecule has 0 amide bonds. The highest BCUT2D eigenvalue weighted by atomic mass is 15.0. The average Bonchev–Trinajstić information content (AvgIpc) is 4.35. The number of allylic oxidation sites excluding steroid dienone is 1. The zero-order valence-corrected chi connectivity index (χ0v) is 39.6. The summed E-state index contributed by atoms with van der Waals surface area (Å²) in [6.45, 7) is 0. The summed E-state index contributed by atoms with van der Waals surface area (Å²) in [6.07, 6.45) is 7.36. The molecule has 10 heterocycles. The molecular formula is C66H40N8. The van der Waals surface area contributed by atoms with Crippen LogP contribution < -0.4 is 5.32 Å². The van der Waals surface area contributed by atoms with Crippen molar-refractivity contribution in [3.8, 4) is 45.0 Å². The Morgan fingerprint density at radius 2 is 0.784 bits per heavy atom. The first-order valence-electron chi connectivity index (χ1n) is 25.3. The summed E-state index contributed by atoms with van der Waals surface area (Å²) in [5.41, 5.74) is 25.8. The molecule has 8 nitrogen and oxygen atoms in total. The summed E-state index contributed by atoms with van der Waals surface area (Å²) in [6, 6.07) is 65.1. The van der Waals surface area contributed by atoms with Crippen molar-refractivity contribution >= 4 is 95.1 Å². The Morgan fingerprint density at radius 1 is 0.351 bits per heavy atom. The number of aromatic nitrogens is 5. The van der Waals surface area contributed by atoms with Gasteiger partial charge < -0.3 is 20.3 Å². The van der Waals surface area contributed by atoms with Gasteiger partial charge in [0.05, 0.1) is 51.6 Å². The van der Waals surface area contributed by atoms with Crippen LogP contribution in [0.25, 0.3) is 129 Å². The molecule has 4 N–H and O–H groups in total. The van der Waals surface area contributed by atoms with Gasteiger partial charge in [0.1, 0.15) is 0 Å². The van der Waals surface area contributed by atoms with E-state index in [0.717, 1.165) is 167 Å². The lowest BCUT2D eigenvalue weighted by atomic mass is 9.93. The molecule has 0 radical (unpaired) electrons. The van der Waals surface area contributed by atoms with Gasteiger partial charge in [0.15, 0.2) is 0 Å². The zero-order chi connectivity index (χ0) is 48.2. The largest absolute Gasteiger partial charge is 0.377 e. The number of benzene rings is 7. The van der Waals surface area contributed by atoms with Crippen LogP contribution in [0.3, 0.4) is 0 Å². The molecule has 4 aromatic heterocycles. The molecule has 0 saturated carbocycles. The van der Waals surface area contributed by atoms with Crippen LogP contribution in [0.4, 0.5) is 0 Å². The molecule has 7 aromatic carbocycles. The SMILES string of the molecule is C1=C2N=C(/C=C3\NC(CC4=N/C(=C\c5[nH]c/1c1ccccc51)c1ccccc14)c1cc4c5cc6nc(cc7[nH]c(cc8nc(cc([nH]5)c4cc13)-c1ccccc1-8)c1ccccc71)-c1ccccc1-6)c1ccccc1\2. The van der Waals surface area contributed by atoms with E-state index < -0.39 is 0 Å². The molecule has 8 heteroatoms. The van der Waals surface area contributed by atoms with E-state index in [1.165, 1.54) is 5.56 Å². The average molecular weight is 945 g/mol. The number of fused-ring (bicyclic) bond motifs is 38. The fraction of sp³-hybridized carbons (Fsp3) is 0.0303. The van der Waals surface area contributed by atoms with E-state index in [0.29, 0.717) is 6.42 Å². The van der Waals surface area contributed by atoms with Crippen molar-refractivity contribution in [1.82, 2.24) is 30.2 Å². The predicted molar refractivity (Wildman–Crippen MR) is 303 cm³/mol. The quantitative estimate of drug-likeness (QED) is 0.122. The van der Waals surface area contributed by atoms with E-state index >= 15 is 0 Å². The lowest BCUT2D eigenvalue weighted by Gasteiger charge is -2.14. The van der Waals surface area contributed by atoms with Crippen LogP contribution in [0, 0.1) is 0 Å². The third kappa shape index (κ3) is 5.79. The lowest BCUT2D eigenvalue weighted by molar-refractivity contribution is 0.693. The second kappa shape index (κ2) is 14.8. The predicted octanol–water partition coefficient (Wildman–Crippen LogP) is 15.5. The van der Waals surface area contributed by atoms with Crippen molar-refractivity contribution in [3.63, 3.8) is 0 Å². The Kier molecular flexibility index (Phi) is 7.96. The van der Waals surface area contributed by atoms with Gasteiger partial charge in [-0.15, -0.1) is 0 Å². The number of hydrogen-bond acceptors (Lipinski definition) is 5. The molecule has 0 spiro atoms. The molecule has 0 saturated heterocycles. The number of aliphatic imine (C=N–C) groups is 2. The van der Waals surface area contributed by atoms with E-state index in [2.05, 4.69) is 220 Å². The number of rotatable bonds is 0. The summed E-state index contributed by atoms with van der Waals surface area (Å²) in [5.74, 6) is 0.